The molecule has 2 aromatic rings. The summed E-state index contributed by atoms with van der Waals surface area (Å²) in [5.41, 5.74) is 3.49. The Morgan fingerprint density at radius 1 is 1.08 bits per heavy atom. The summed E-state index contributed by atoms with van der Waals surface area (Å²) in [6, 6.07) is 18.1. The van der Waals surface area contributed by atoms with Gasteiger partial charge in [-0.25, -0.2) is 0 Å². The van der Waals surface area contributed by atoms with Gasteiger partial charge in [0.25, 0.3) is 0 Å². The van der Waals surface area contributed by atoms with Crippen LogP contribution in [0.4, 0.5) is 0 Å². The minimum atomic E-state index is 0. The maximum Gasteiger partial charge on any atom is 0.216 e. The molecule has 1 heterocycles. The molecule has 1 aliphatic rings. The Morgan fingerprint density at radius 2 is 1.75 bits per heavy atom. The van der Waals surface area contributed by atoms with Crippen LogP contribution in [0.1, 0.15) is 22.3 Å². The van der Waals surface area contributed by atoms with Gasteiger partial charge in [0.2, 0.25) is 5.78 Å². The number of hydrogen-bond donors (Lipinski definition) is 0. The average Bonchev–Trinajstić information content (AvgIpc) is 2.57. The first-order valence-corrected chi connectivity index (χ1v) is 8.72. The number of hydrogen-bond acceptors (Lipinski definition) is 1. The van der Waals surface area contributed by atoms with Gasteiger partial charge in [0.15, 0.2) is 0 Å². The Kier molecular flexibility index (Phi) is 6.55. The molecular formula is C20H21Br2NO. The molecule has 0 aliphatic carbocycles. The molecule has 3 rings (SSSR count). The molecule has 0 fully saturated rings. The molecule has 0 saturated heterocycles. The number of likely N-dealkylation sites (N-methyl/N-ethyl adjacent to an activating group) is 1. The van der Waals surface area contributed by atoms with Crippen LogP contribution in [0.5, 0.6) is 0 Å². The third-order valence-corrected chi connectivity index (χ3v) is 5.06. The minimum absolute atomic E-state index is 0. The Morgan fingerprint density at radius 3 is 2.33 bits per heavy atom. The number of Topliss-reactive ketones (excluding diaryl/α,β-unsaturated/α-hetero) is 1. The van der Waals surface area contributed by atoms with Crippen molar-refractivity contribution in [2.45, 2.75) is 6.42 Å². The van der Waals surface area contributed by atoms with Crippen LogP contribution >= 0.6 is 15.9 Å². The zero-order valence-corrected chi connectivity index (χ0v) is 16.9. The lowest BCUT2D eigenvalue weighted by Crippen LogP contribution is -3.00. The van der Waals surface area contributed by atoms with E-state index >= 15 is 0 Å². The number of quaternary nitrogens is 1. The number of halogens is 2. The molecule has 24 heavy (non-hydrogen) atoms. The van der Waals surface area contributed by atoms with Gasteiger partial charge in [-0.05, 0) is 29.3 Å². The summed E-state index contributed by atoms with van der Waals surface area (Å²) >= 11 is 3.48. The van der Waals surface area contributed by atoms with Gasteiger partial charge in [0.1, 0.15) is 6.54 Å². The molecule has 1 unspecified atom stereocenters. The first kappa shape index (κ1) is 19.1. The second kappa shape index (κ2) is 8.24. The highest BCUT2D eigenvalue weighted by Crippen LogP contribution is 2.26. The monoisotopic (exact) mass is 449 g/mol. The second-order valence-corrected chi connectivity index (χ2v) is 7.37. The van der Waals surface area contributed by atoms with Crippen LogP contribution in [-0.4, -0.2) is 36.9 Å². The van der Waals surface area contributed by atoms with E-state index in [4.69, 9.17) is 0 Å². The number of rotatable bonds is 4. The fourth-order valence-corrected chi connectivity index (χ4v) is 3.31. The molecule has 0 N–H and O–H groups in total. The molecule has 0 bridgehead atoms. The Hall–Kier alpha value is -1.23. The van der Waals surface area contributed by atoms with E-state index < -0.39 is 0 Å². The van der Waals surface area contributed by atoms with E-state index in [1.807, 2.05) is 30.3 Å². The number of nitrogens with zero attached hydrogens (tertiary/aromatic N) is 1. The maximum absolute atomic E-state index is 12.5. The zero-order chi connectivity index (χ0) is 16.3. The van der Waals surface area contributed by atoms with E-state index in [0.717, 1.165) is 34.0 Å². The Balaban J connectivity index is 0.00000208. The van der Waals surface area contributed by atoms with E-state index in [-0.39, 0.29) is 22.8 Å². The smallest absolute Gasteiger partial charge is 0.216 e. The van der Waals surface area contributed by atoms with Crippen molar-refractivity contribution in [2.75, 3.05) is 26.7 Å². The van der Waals surface area contributed by atoms with Crippen LogP contribution in [0.2, 0.25) is 0 Å². The molecule has 1 aliphatic heterocycles. The molecule has 2 aromatic carbocycles. The van der Waals surface area contributed by atoms with Crippen LogP contribution in [0.25, 0.3) is 5.57 Å². The van der Waals surface area contributed by atoms with Crippen LogP contribution in [0.3, 0.4) is 0 Å². The molecule has 0 spiro atoms. The van der Waals surface area contributed by atoms with Gasteiger partial charge >= 0.3 is 0 Å². The SMILES string of the molecule is C[N+]1(CC(=O)c2ccccc2)CC=C(c2ccc(Br)cc2)CC1.[Br-]. The average molecular weight is 451 g/mol. The van der Waals surface area contributed by atoms with Crippen LogP contribution in [-0.2, 0) is 0 Å². The lowest BCUT2D eigenvalue weighted by Gasteiger charge is -2.36. The number of ketones is 1. The van der Waals surface area contributed by atoms with Gasteiger partial charge < -0.3 is 21.5 Å². The second-order valence-electron chi connectivity index (χ2n) is 6.46. The number of carbonyl (C=O) groups is 1. The van der Waals surface area contributed by atoms with Gasteiger partial charge in [0, 0.05) is 16.5 Å². The lowest BCUT2D eigenvalue weighted by molar-refractivity contribution is -0.896. The van der Waals surface area contributed by atoms with Crippen molar-refractivity contribution in [3.63, 3.8) is 0 Å². The number of benzene rings is 2. The van der Waals surface area contributed by atoms with E-state index in [2.05, 4.69) is 53.3 Å². The van der Waals surface area contributed by atoms with E-state index in [1.54, 1.807) is 0 Å². The molecule has 0 saturated carbocycles. The van der Waals surface area contributed by atoms with Crippen molar-refractivity contribution < 1.29 is 26.3 Å². The third-order valence-electron chi connectivity index (χ3n) is 4.54. The minimum Gasteiger partial charge on any atom is -1.00 e. The predicted octanol–water partition coefficient (Wildman–Crippen LogP) is 1.57. The Bertz CT molecular complexity index is 725. The summed E-state index contributed by atoms with van der Waals surface area (Å²) in [4.78, 5) is 12.5. The topological polar surface area (TPSA) is 17.1 Å². The van der Waals surface area contributed by atoms with Gasteiger partial charge in [-0.3, -0.25) is 4.79 Å². The first-order chi connectivity index (χ1) is 11.1. The van der Waals surface area contributed by atoms with Crippen molar-refractivity contribution >= 4 is 27.3 Å². The largest absolute Gasteiger partial charge is 1.00 e. The standard InChI is InChI=1S/C20H21BrNO.BrH/c1-22(15-20(23)18-5-3-2-4-6-18)13-11-17(12-14-22)16-7-9-19(21)10-8-16;/h2-11H,12-15H2,1H3;1H/q+1;/p-1. The van der Waals surface area contributed by atoms with E-state index in [9.17, 15) is 4.79 Å². The molecule has 1 atom stereocenters. The molecule has 0 amide bonds. The molecule has 0 radical (unpaired) electrons. The fourth-order valence-electron chi connectivity index (χ4n) is 3.05. The van der Waals surface area contributed by atoms with Crippen molar-refractivity contribution in [1.82, 2.24) is 0 Å². The van der Waals surface area contributed by atoms with Gasteiger partial charge in [-0.2, -0.15) is 0 Å². The fraction of sp³-hybridized carbons (Fsp3) is 0.250. The molecule has 126 valence electrons. The highest BCUT2D eigenvalue weighted by Gasteiger charge is 2.28. The third kappa shape index (κ3) is 4.65. The summed E-state index contributed by atoms with van der Waals surface area (Å²) in [7, 11) is 2.18. The maximum atomic E-state index is 12.5. The summed E-state index contributed by atoms with van der Waals surface area (Å²) in [5.74, 6) is 0.230. The first-order valence-electron chi connectivity index (χ1n) is 7.93. The van der Waals surface area contributed by atoms with E-state index in [0.29, 0.717) is 6.54 Å². The normalized spacial score (nSPS) is 20.0. The summed E-state index contributed by atoms with van der Waals surface area (Å²) in [5, 5.41) is 0. The van der Waals surface area contributed by atoms with E-state index in [1.165, 1.54) is 11.1 Å². The molecule has 2 nitrogen and oxygen atoms in total. The van der Waals surface area contributed by atoms with Crippen molar-refractivity contribution in [3.8, 4) is 0 Å². The van der Waals surface area contributed by atoms with Crippen LogP contribution < -0.4 is 17.0 Å². The van der Waals surface area contributed by atoms with Gasteiger partial charge in [-0.15, -0.1) is 0 Å². The molecule has 0 aromatic heterocycles. The highest BCUT2D eigenvalue weighted by atomic mass is 79.9. The lowest BCUT2D eigenvalue weighted by atomic mass is 9.98. The number of carbonyl (C=O) groups excluding carboxylic acids is 1. The predicted molar refractivity (Wildman–Crippen MR) is 98.3 cm³/mol. The van der Waals surface area contributed by atoms with Crippen molar-refractivity contribution in [2.24, 2.45) is 0 Å². The quantitative estimate of drug-likeness (QED) is 0.510. The Labute approximate surface area is 162 Å². The zero-order valence-electron chi connectivity index (χ0n) is 13.7. The summed E-state index contributed by atoms with van der Waals surface area (Å²) < 4.78 is 1.89. The van der Waals surface area contributed by atoms with Crippen molar-refractivity contribution in [1.29, 1.82) is 0 Å². The summed E-state index contributed by atoms with van der Waals surface area (Å²) in [6.07, 6.45) is 3.31. The van der Waals surface area contributed by atoms with Crippen LogP contribution in [0.15, 0.2) is 65.1 Å². The van der Waals surface area contributed by atoms with Crippen molar-refractivity contribution in [3.05, 3.63) is 76.3 Å². The highest BCUT2D eigenvalue weighted by molar-refractivity contribution is 9.10. The van der Waals surface area contributed by atoms with Crippen LogP contribution in [0, 0.1) is 0 Å². The van der Waals surface area contributed by atoms with Gasteiger partial charge in [0.05, 0.1) is 20.1 Å². The van der Waals surface area contributed by atoms with Gasteiger partial charge in [-0.1, -0.05) is 58.4 Å². The summed E-state index contributed by atoms with van der Waals surface area (Å²) in [6.45, 7) is 2.47. The molecular weight excluding hydrogens is 430 g/mol. The molecule has 4 heteroatoms.